The number of amides is 2. The molecule has 6 nitrogen and oxygen atoms in total. The van der Waals surface area contributed by atoms with Crippen LogP contribution < -0.4 is 4.74 Å². The van der Waals surface area contributed by atoms with Gasteiger partial charge in [-0.15, -0.1) is 0 Å². The predicted octanol–water partition coefficient (Wildman–Crippen LogP) is 3.89. The van der Waals surface area contributed by atoms with Gasteiger partial charge in [-0.3, -0.25) is 9.59 Å². The van der Waals surface area contributed by atoms with Crippen LogP contribution in [0.25, 0.3) is 0 Å². The lowest BCUT2D eigenvalue weighted by atomic mass is 9.97. The maximum Gasteiger partial charge on any atom is 0.262 e. The molecule has 156 valence electrons. The molecule has 0 aromatic heterocycles. The molecule has 7 heteroatoms. The molecular weight excluding hydrogens is 402 g/mol. The van der Waals surface area contributed by atoms with Gasteiger partial charge in [0, 0.05) is 35.5 Å². The van der Waals surface area contributed by atoms with E-state index in [4.69, 9.17) is 16.3 Å². The summed E-state index contributed by atoms with van der Waals surface area (Å²) in [4.78, 5) is 27.0. The Bertz CT molecular complexity index is 1000. The molecule has 1 saturated carbocycles. The molecule has 1 aliphatic carbocycles. The number of rotatable bonds is 6. The van der Waals surface area contributed by atoms with Crippen molar-refractivity contribution in [2.24, 2.45) is 11.0 Å². The summed E-state index contributed by atoms with van der Waals surface area (Å²) < 4.78 is 5.53. The van der Waals surface area contributed by atoms with Crippen LogP contribution in [0.3, 0.4) is 0 Å². The number of hydrazone groups is 1. The molecule has 2 aromatic rings. The number of hydrogen-bond donors (Lipinski definition) is 0. The molecule has 1 aliphatic heterocycles. The summed E-state index contributed by atoms with van der Waals surface area (Å²) in [7, 11) is 3.28. The smallest absolute Gasteiger partial charge is 0.262 e. The number of halogens is 1. The molecule has 0 saturated heterocycles. The first-order valence-electron chi connectivity index (χ1n) is 10.0. The topological polar surface area (TPSA) is 62.2 Å². The molecule has 1 atom stereocenters. The number of para-hydroxylation sites is 1. The van der Waals surface area contributed by atoms with Gasteiger partial charge in [0.25, 0.3) is 5.91 Å². The Balaban J connectivity index is 1.65. The van der Waals surface area contributed by atoms with Crippen LogP contribution in [0, 0.1) is 5.92 Å². The third kappa shape index (κ3) is 4.05. The lowest BCUT2D eigenvalue weighted by Gasteiger charge is -2.26. The van der Waals surface area contributed by atoms with Gasteiger partial charge >= 0.3 is 0 Å². The Kier molecular flexibility index (Phi) is 5.77. The quantitative estimate of drug-likeness (QED) is 0.705. The molecule has 0 unspecified atom stereocenters. The van der Waals surface area contributed by atoms with Gasteiger partial charge in [-0.1, -0.05) is 48.0 Å². The fourth-order valence-corrected chi connectivity index (χ4v) is 4.02. The van der Waals surface area contributed by atoms with Crippen molar-refractivity contribution >= 4 is 29.1 Å². The second kappa shape index (κ2) is 8.48. The number of nitrogens with zero attached hydrogens (tertiary/aromatic N) is 3. The highest BCUT2D eigenvalue weighted by Crippen LogP contribution is 2.38. The Labute approximate surface area is 181 Å². The van der Waals surface area contributed by atoms with E-state index in [9.17, 15) is 9.59 Å². The highest BCUT2D eigenvalue weighted by molar-refractivity contribution is 6.34. The number of carbonyl (C=O) groups excluding carboxylic acids is 2. The van der Waals surface area contributed by atoms with Crippen molar-refractivity contribution < 1.29 is 14.3 Å². The van der Waals surface area contributed by atoms with Gasteiger partial charge in [0.15, 0.2) is 0 Å². The number of hydrogen-bond acceptors (Lipinski definition) is 4. The van der Waals surface area contributed by atoms with Crippen molar-refractivity contribution in [2.45, 2.75) is 25.3 Å². The van der Waals surface area contributed by atoms with Gasteiger partial charge in [0.05, 0.1) is 18.9 Å². The molecule has 4 rings (SSSR count). The average molecular weight is 426 g/mol. The highest BCUT2D eigenvalue weighted by Gasteiger charge is 2.37. The minimum Gasteiger partial charge on any atom is -0.496 e. The van der Waals surface area contributed by atoms with Crippen LogP contribution in [0.4, 0.5) is 0 Å². The third-order valence-corrected chi connectivity index (χ3v) is 5.85. The minimum atomic E-state index is -0.329. The monoisotopic (exact) mass is 425 g/mol. The van der Waals surface area contributed by atoms with Crippen molar-refractivity contribution in [2.75, 3.05) is 20.7 Å². The summed E-state index contributed by atoms with van der Waals surface area (Å²) in [5.41, 5.74) is 2.41. The van der Waals surface area contributed by atoms with Crippen LogP contribution in [0.1, 0.15) is 36.4 Å². The predicted molar refractivity (Wildman–Crippen MR) is 116 cm³/mol. The van der Waals surface area contributed by atoms with Crippen LogP contribution in [-0.2, 0) is 9.59 Å². The molecule has 0 bridgehead atoms. The number of benzene rings is 2. The van der Waals surface area contributed by atoms with Crippen molar-refractivity contribution in [3.8, 4) is 5.75 Å². The van der Waals surface area contributed by atoms with Crippen LogP contribution in [0.2, 0.25) is 5.02 Å². The molecule has 0 N–H and O–H groups in total. The molecule has 30 heavy (non-hydrogen) atoms. The lowest BCUT2D eigenvalue weighted by molar-refractivity contribution is -0.141. The summed E-state index contributed by atoms with van der Waals surface area (Å²) in [5, 5.41) is 6.72. The molecule has 2 aromatic carbocycles. The summed E-state index contributed by atoms with van der Waals surface area (Å²) in [5.74, 6) is 0.544. The van der Waals surface area contributed by atoms with E-state index in [1.807, 2.05) is 48.5 Å². The summed E-state index contributed by atoms with van der Waals surface area (Å²) in [6.45, 7) is -0.0136. The number of carbonyl (C=O) groups is 2. The summed E-state index contributed by atoms with van der Waals surface area (Å²) in [6, 6.07) is 14.8. The Morgan fingerprint density at radius 3 is 2.57 bits per heavy atom. The Morgan fingerprint density at radius 1 is 1.17 bits per heavy atom. The molecule has 0 spiro atoms. The Morgan fingerprint density at radius 2 is 1.87 bits per heavy atom. The second-order valence-electron chi connectivity index (χ2n) is 7.70. The van der Waals surface area contributed by atoms with Gasteiger partial charge in [-0.25, -0.2) is 5.01 Å². The van der Waals surface area contributed by atoms with Crippen LogP contribution >= 0.6 is 11.6 Å². The van der Waals surface area contributed by atoms with E-state index in [1.165, 1.54) is 9.91 Å². The number of likely N-dealkylation sites (N-methyl/N-ethyl adjacent to an activating group) is 1. The maximum atomic E-state index is 13.2. The first-order valence-corrected chi connectivity index (χ1v) is 10.4. The van der Waals surface area contributed by atoms with Crippen molar-refractivity contribution in [1.29, 1.82) is 0 Å². The fraction of sp³-hybridized carbons (Fsp3) is 0.348. The number of ether oxygens (including phenoxy) is 1. The van der Waals surface area contributed by atoms with Gasteiger partial charge in [-0.05, 0) is 25.0 Å². The molecule has 1 heterocycles. The summed E-state index contributed by atoms with van der Waals surface area (Å²) >= 11 is 6.39. The average Bonchev–Trinajstić information content (AvgIpc) is 3.51. The van der Waals surface area contributed by atoms with Crippen LogP contribution in [0.5, 0.6) is 5.75 Å². The van der Waals surface area contributed by atoms with E-state index in [2.05, 4.69) is 5.10 Å². The van der Waals surface area contributed by atoms with E-state index < -0.39 is 0 Å². The van der Waals surface area contributed by atoms with Crippen molar-refractivity contribution in [3.05, 3.63) is 64.7 Å². The standard InChI is InChI=1S/C23H24ClN3O3/c1-26(23(29)15-11-12-15)14-22(28)27-20(17-8-4-6-10-21(17)30-2)13-19(25-27)16-7-3-5-9-18(16)24/h3-10,15,20H,11-14H2,1-2H3/t20-/m1/s1. The molecular formula is C23H24ClN3O3. The van der Waals surface area contributed by atoms with Crippen molar-refractivity contribution in [3.63, 3.8) is 0 Å². The number of methoxy groups -OCH3 is 1. The van der Waals surface area contributed by atoms with E-state index in [-0.39, 0.29) is 30.3 Å². The zero-order valence-corrected chi connectivity index (χ0v) is 17.8. The third-order valence-electron chi connectivity index (χ3n) is 5.52. The largest absolute Gasteiger partial charge is 0.496 e. The van der Waals surface area contributed by atoms with Gasteiger partial charge in [0.2, 0.25) is 5.91 Å². The molecule has 2 amide bonds. The minimum absolute atomic E-state index is 0.0136. The normalized spacial score (nSPS) is 18.2. The lowest BCUT2D eigenvalue weighted by Crippen LogP contribution is -2.39. The maximum absolute atomic E-state index is 13.2. The summed E-state index contributed by atoms with van der Waals surface area (Å²) in [6.07, 6.45) is 2.32. The zero-order chi connectivity index (χ0) is 21.3. The van der Waals surface area contributed by atoms with E-state index in [0.29, 0.717) is 17.2 Å². The highest BCUT2D eigenvalue weighted by atomic mass is 35.5. The zero-order valence-electron chi connectivity index (χ0n) is 17.0. The van der Waals surface area contributed by atoms with E-state index in [0.717, 1.165) is 29.7 Å². The fourth-order valence-electron chi connectivity index (χ4n) is 3.78. The van der Waals surface area contributed by atoms with Gasteiger partial charge in [0.1, 0.15) is 12.3 Å². The van der Waals surface area contributed by atoms with Gasteiger partial charge < -0.3 is 9.64 Å². The SMILES string of the molecule is COc1ccccc1[C@H]1CC(c2ccccc2Cl)=NN1C(=O)CN(C)C(=O)C1CC1. The first-order chi connectivity index (χ1) is 14.5. The molecule has 1 fully saturated rings. The molecule has 0 radical (unpaired) electrons. The van der Waals surface area contributed by atoms with E-state index in [1.54, 1.807) is 14.2 Å². The van der Waals surface area contributed by atoms with Crippen LogP contribution in [-0.4, -0.2) is 48.1 Å². The first kappa shape index (κ1) is 20.4. The van der Waals surface area contributed by atoms with Crippen molar-refractivity contribution in [1.82, 2.24) is 9.91 Å². The Hall–Kier alpha value is -2.86. The second-order valence-corrected chi connectivity index (χ2v) is 8.10. The van der Waals surface area contributed by atoms with E-state index >= 15 is 0 Å². The molecule has 2 aliphatic rings. The van der Waals surface area contributed by atoms with Gasteiger partial charge in [-0.2, -0.15) is 5.10 Å². The van der Waals surface area contributed by atoms with Crippen LogP contribution in [0.15, 0.2) is 53.6 Å².